The number of rotatable bonds is 5. The summed E-state index contributed by atoms with van der Waals surface area (Å²) in [7, 11) is 0. The van der Waals surface area contributed by atoms with Gasteiger partial charge in [0.15, 0.2) is 0 Å². The van der Waals surface area contributed by atoms with Crippen LogP contribution in [0, 0.1) is 20.8 Å². The summed E-state index contributed by atoms with van der Waals surface area (Å²) in [6.07, 6.45) is 0. The van der Waals surface area contributed by atoms with E-state index in [1.807, 2.05) is 45.0 Å². The maximum atomic E-state index is 11.5. The first kappa shape index (κ1) is 14.7. The Labute approximate surface area is 122 Å². The normalized spacial score (nSPS) is 12.3. The minimum Gasteiger partial charge on any atom is -0.480 e. The van der Waals surface area contributed by atoms with E-state index in [0.29, 0.717) is 6.54 Å². The minimum absolute atomic E-state index is 0.513. The summed E-state index contributed by atoms with van der Waals surface area (Å²) in [5.74, 6) is -0.867. The van der Waals surface area contributed by atoms with E-state index < -0.39 is 12.0 Å². The van der Waals surface area contributed by atoms with Gasteiger partial charge in [-0.15, -0.1) is 0 Å². The third-order valence-electron chi connectivity index (χ3n) is 3.29. The molecular formula is C15H18N2O2S. The summed E-state index contributed by atoms with van der Waals surface area (Å²) in [6, 6.07) is 6.88. The highest BCUT2D eigenvalue weighted by Crippen LogP contribution is 2.20. The molecule has 1 aromatic carbocycles. The number of aryl methyl sites for hydroxylation is 3. The van der Waals surface area contributed by atoms with E-state index in [1.54, 1.807) is 0 Å². The zero-order valence-electron chi connectivity index (χ0n) is 11.8. The van der Waals surface area contributed by atoms with Gasteiger partial charge >= 0.3 is 5.97 Å². The van der Waals surface area contributed by atoms with Gasteiger partial charge in [0.25, 0.3) is 0 Å². The molecule has 0 saturated carbocycles. The van der Waals surface area contributed by atoms with Crippen LogP contribution in [0.3, 0.4) is 0 Å². The van der Waals surface area contributed by atoms with Gasteiger partial charge in [-0.25, -0.2) is 0 Å². The molecule has 2 N–H and O–H groups in total. The molecule has 2 rings (SSSR count). The van der Waals surface area contributed by atoms with Crippen molar-refractivity contribution in [3.05, 3.63) is 51.5 Å². The molecule has 0 radical (unpaired) electrons. The molecule has 5 heteroatoms. The van der Waals surface area contributed by atoms with Crippen LogP contribution in [0.5, 0.6) is 0 Å². The summed E-state index contributed by atoms with van der Waals surface area (Å²) in [5.41, 5.74) is 3.89. The van der Waals surface area contributed by atoms with Gasteiger partial charge in [-0.3, -0.25) is 10.1 Å². The Morgan fingerprint density at radius 2 is 2.15 bits per heavy atom. The van der Waals surface area contributed by atoms with Crippen LogP contribution in [0.4, 0.5) is 0 Å². The van der Waals surface area contributed by atoms with Gasteiger partial charge in [0.05, 0.1) is 5.69 Å². The van der Waals surface area contributed by atoms with Crippen molar-refractivity contribution in [2.45, 2.75) is 33.4 Å². The number of hydrogen-bond acceptors (Lipinski definition) is 4. The molecule has 1 unspecified atom stereocenters. The van der Waals surface area contributed by atoms with Gasteiger partial charge in [0, 0.05) is 17.0 Å². The number of aromatic nitrogens is 1. The summed E-state index contributed by atoms with van der Waals surface area (Å²) in [5, 5.41) is 12.5. The Bertz CT molecular complexity index is 603. The van der Waals surface area contributed by atoms with Crippen LogP contribution >= 0.6 is 11.5 Å². The lowest BCUT2D eigenvalue weighted by molar-refractivity contribution is -0.139. The highest BCUT2D eigenvalue weighted by Gasteiger charge is 2.20. The first-order valence-electron chi connectivity index (χ1n) is 6.43. The Kier molecular flexibility index (Phi) is 4.52. The summed E-state index contributed by atoms with van der Waals surface area (Å²) in [4.78, 5) is 12.6. The summed E-state index contributed by atoms with van der Waals surface area (Å²) < 4.78 is 4.28. The van der Waals surface area contributed by atoms with E-state index in [2.05, 4.69) is 9.69 Å². The predicted octanol–water partition coefficient (Wildman–Crippen LogP) is 2.98. The number of carboxylic acid groups (broad SMARTS) is 1. The SMILES string of the molecule is Cc1cccc(C(NCc2c(C)nsc2C)C(=O)O)c1. The molecule has 0 aliphatic rings. The van der Waals surface area contributed by atoms with Crippen molar-refractivity contribution in [3.8, 4) is 0 Å². The third-order valence-corrected chi connectivity index (χ3v) is 4.17. The number of aliphatic carboxylic acids is 1. The molecule has 106 valence electrons. The molecule has 0 fully saturated rings. The minimum atomic E-state index is -0.867. The molecule has 0 aliphatic heterocycles. The molecule has 4 nitrogen and oxygen atoms in total. The lowest BCUT2D eigenvalue weighted by Gasteiger charge is -2.15. The van der Waals surface area contributed by atoms with Crippen LogP contribution in [-0.2, 0) is 11.3 Å². The average molecular weight is 290 g/mol. The second-order valence-corrected chi connectivity index (χ2v) is 5.85. The van der Waals surface area contributed by atoms with E-state index >= 15 is 0 Å². The molecule has 1 aromatic heterocycles. The molecule has 0 bridgehead atoms. The quantitative estimate of drug-likeness (QED) is 0.888. The van der Waals surface area contributed by atoms with Crippen molar-refractivity contribution in [2.24, 2.45) is 0 Å². The van der Waals surface area contributed by atoms with Crippen LogP contribution < -0.4 is 5.32 Å². The second-order valence-electron chi connectivity index (χ2n) is 4.87. The molecule has 0 amide bonds. The van der Waals surface area contributed by atoms with E-state index in [0.717, 1.165) is 27.3 Å². The van der Waals surface area contributed by atoms with Crippen LogP contribution in [0.15, 0.2) is 24.3 Å². The van der Waals surface area contributed by atoms with Crippen LogP contribution in [-0.4, -0.2) is 15.4 Å². The maximum Gasteiger partial charge on any atom is 0.325 e. The largest absolute Gasteiger partial charge is 0.480 e. The summed E-state index contributed by atoms with van der Waals surface area (Å²) in [6.45, 7) is 6.42. The Balaban J connectivity index is 2.17. The lowest BCUT2D eigenvalue weighted by atomic mass is 10.0. The third kappa shape index (κ3) is 3.23. The standard InChI is InChI=1S/C15H18N2O2S/c1-9-5-4-6-12(7-9)14(15(18)19)16-8-13-10(2)17-20-11(13)3/h4-7,14,16H,8H2,1-3H3,(H,18,19). The van der Waals surface area contributed by atoms with E-state index in [4.69, 9.17) is 0 Å². The highest BCUT2D eigenvalue weighted by atomic mass is 32.1. The van der Waals surface area contributed by atoms with Gasteiger partial charge in [0.1, 0.15) is 6.04 Å². The molecule has 2 aromatic rings. The Morgan fingerprint density at radius 1 is 1.40 bits per heavy atom. The van der Waals surface area contributed by atoms with Crippen molar-refractivity contribution in [1.82, 2.24) is 9.69 Å². The number of benzene rings is 1. The van der Waals surface area contributed by atoms with Crippen molar-refractivity contribution in [3.63, 3.8) is 0 Å². The zero-order chi connectivity index (χ0) is 14.7. The van der Waals surface area contributed by atoms with E-state index in [1.165, 1.54) is 11.5 Å². The smallest absolute Gasteiger partial charge is 0.325 e. The first-order valence-corrected chi connectivity index (χ1v) is 7.21. The fourth-order valence-corrected chi connectivity index (χ4v) is 2.87. The Hall–Kier alpha value is -1.72. The highest BCUT2D eigenvalue weighted by molar-refractivity contribution is 7.05. The number of carboxylic acids is 1. The molecule has 0 saturated heterocycles. The number of nitrogens with zero attached hydrogens (tertiary/aromatic N) is 1. The fraction of sp³-hybridized carbons (Fsp3) is 0.333. The average Bonchev–Trinajstić information content (AvgIpc) is 2.70. The number of nitrogens with one attached hydrogen (secondary N) is 1. The van der Waals surface area contributed by atoms with Crippen LogP contribution in [0.2, 0.25) is 0 Å². The van der Waals surface area contributed by atoms with Gasteiger partial charge in [-0.2, -0.15) is 4.37 Å². The molecule has 1 heterocycles. The lowest BCUT2D eigenvalue weighted by Crippen LogP contribution is -2.28. The van der Waals surface area contributed by atoms with Gasteiger partial charge in [0.2, 0.25) is 0 Å². The topological polar surface area (TPSA) is 62.2 Å². The molecule has 0 spiro atoms. The summed E-state index contributed by atoms with van der Waals surface area (Å²) >= 11 is 1.45. The monoisotopic (exact) mass is 290 g/mol. The van der Waals surface area contributed by atoms with Gasteiger partial charge in [-0.1, -0.05) is 29.8 Å². The van der Waals surface area contributed by atoms with Crippen LogP contribution in [0.1, 0.15) is 33.3 Å². The molecule has 20 heavy (non-hydrogen) atoms. The van der Waals surface area contributed by atoms with Crippen molar-refractivity contribution < 1.29 is 9.90 Å². The number of carbonyl (C=O) groups is 1. The van der Waals surface area contributed by atoms with Crippen molar-refractivity contribution >= 4 is 17.5 Å². The molecule has 0 aliphatic carbocycles. The van der Waals surface area contributed by atoms with Crippen molar-refractivity contribution in [2.75, 3.05) is 0 Å². The first-order chi connectivity index (χ1) is 9.49. The zero-order valence-corrected chi connectivity index (χ0v) is 12.6. The Morgan fingerprint density at radius 3 is 2.70 bits per heavy atom. The fourth-order valence-electron chi connectivity index (χ4n) is 2.16. The predicted molar refractivity (Wildman–Crippen MR) is 80.0 cm³/mol. The van der Waals surface area contributed by atoms with Gasteiger partial charge in [-0.05, 0) is 37.9 Å². The molecule has 1 atom stereocenters. The maximum absolute atomic E-state index is 11.5. The van der Waals surface area contributed by atoms with Crippen LogP contribution in [0.25, 0.3) is 0 Å². The van der Waals surface area contributed by atoms with Gasteiger partial charge < -0.3 is 5.11 Å². The van der Waals surface area contributed by atoms with E-state index in [9.17, 15) is 9.90 Å². The molecular weight excluding hydrogens is 272 g/mol. The number of hydrogen-bond donors (Lipinski definition) is 2. The van der Waals surface area contributed by atoms with Crippen molar-refractivity contribution in [1.29, 1.82) is 0 Å². The second kappa shape index (κ2) is 6.15. The van der Waals surface area contributed by atoms with E-state index in [-0.39, 0.29) is 0 Å².